The minimum Gasteiger partial charge on any atom is -0.355 e. The van der Waals surface area contributed by atoms with E-state index < -0.39 is 0 Å². The Hall–Kier alpha value is -2.48. The highest BCUT2D eigenvalue weighted by atomic mass is 16.2. The maximum Gasteiger partial charge on any atom is 0.234 e. The molecule has 1 fully saturated rings. The SMILES string of the molecule is Cc1n[nH]c(C)c1CCCNC(=O)CN1CCN(c2ncccn2)CC1. The van der Waals surface area contributed by atoms with Gasteiger partial charge in [0, 0.05) is 50.8 Å². The van der Waals surface area contributed by atoms with Gasteiger partial charge in [-0.3, -0.25) is 14.8 Å². The lowest BCUT2D eigenvalue weighted by Gasteiger charge is -2.34. The number of H-pyrrole nitrogens is 1. The molecule has 8 heteroatoms. The van der Waals surface area contributed by atoms with Crippen LogP contribution in [0.5, 0.6) is 0 Å². The average molecular weight is 357 g/mol. The van der Waals surface area contributed by atoms with Crippen LogP contribution < -0.4 is 10.2 Å². The Morgan fingerprint density at radius 1 is 1.19 bits per heavy atom. The number of piperazine rings is 1. The van der Waals surface area contributed by atoms with Crippen LogP contribution in [-0.2, 0) is 11.2 Å². The van der Waals surface area contributed by atoms with Gasteiger partial charge >= 0.3 is 0 Å². The number of aromatic amines is 1. The van der Waals surface area contributed by atoms with Gasteiger partial charge in [-0.05, 0) is 38.3 Å². The van der Waals surface area contributed by atoms with Gasteiger partial charge in [0.1, 0.15) is 0 Å². The van der Waals surface area contributed by atoms with E-state index in [1.165, 1.54) is 5.56 Å². The van der Waals surface area contributed by atoms with Gasteiger partial charge in [0.15, 0.2) is 0 Å². The number of carbonyl (C=O) groups excluding carboxylic acids is 1. The molecule has 8 nitrogen and oxygen atoms in total. The lowest BCUT2D eigenvalue weighted by Crippen LogP contribution is -2.50. The van der Waals surface area contributed by atoms with Crippen molar-refractivity contribution in [3.8, 4) is 0 Å². The number of nitrogens with zero attached hydrogens (tertiary/aromatic N) is 5. The van der Waals surface area contributed by atoms with Crippen LogP contribution in [0.25, 0.3) is 0 Å². The van der Waals surface area contributed by atoms with Gasteiger partial charge in [-0.15, -0.1) is 0 Å². The molecule has 26 heavy (non-hydrogen) atoms. The predicted molar refractivity (Wildman–Crippen MR) is 100 cm³/mol. The maximum atomic E-state index is 12.1. The zero-order valence-corrected chi connectivity index (χ0v) is 15.5. The molecule has 0 saturated carbocycles. The van der Waals surface area contributed by atoms with Crippen molar-refractivity contribution in [1.82, 2.24) is 30.4 Å². The molecule has 1 aliphatic rings. The van der Waals surface area contributed by atoms with Crippen molar-refractivity contribution >= 4 is 11.9 Å². The standard InChI is InChI=1S/C18H27N7O/c1-14-16(15(2)23-22-14)5-3-6-19-17(26)13-24-9-11-25(12-10-24)18-20-7-4-8-21-18/h4,7-8H,3,5-6,9-13H2,1-2H3,(H,19,26)(H,22,23). The van der Waals surface area contributed by atoms with Gasteiger partial charge in [0.25, 0.3) is 0 Å². The van der Waals surface area contributed by atoms with Crippen molar-refractivity contribution in [2.24, 2.45) is 0 Å². The lowest BCUT2D eigenvalue weighted by atomic mass is 10.1. The van der Waals surface area contributed by atoms with Crippen molar-refractivity contribution in [2.45, 2.75) is 26.7 Å². The van der Waals surface area contributed by atoms with Crippen LogP contribution in [0.4, 0.5) is 5.95 Å². The first-order chi connectivity index (χ1) is 12.6. The average Bonchev–Trinajstić information content (AvgIpc) is 2.98. The first kappa shape index (κ1) is 18.3. The summed E-state index contributed by atoms with van der Waals surface area (Å²) >= 11 is 0. The fraction of sp³-hybridized carbons (Fsp3) is 0.556. The highest BCUT2D eigenvalue weighted by Gasteiger charge is 2.20. The van der Waals surface area contributed by atoms with Crippen LogP contribution in [0.3, 0.4) is 0 Å². The molecule has 1 amide bonds. The van der Waals surface area contributed by atoms with Gasteiger partial charge in [0.2, 0.25) is 11.9 Å². The zero-order chi connectivity index (χ0) is 18.4. The molecule has 0 aromatic carbocycles. The smallest absolute Gasteiger partial charge is 0.234 e. The Morgan fingerprint density at radius 2 is 1.92 bits per heavy atom. The number of rotatable bonds is 7. The maximum absolute atomic E-state index is 12.1. The van der Waals surface area contributed by atoms with Gasteiger partial charge in [-0.25, -0.2) is 9.97 Å². The molecule has 0 spiro atoms. The van der Waals surface area contributed by atoms with Crippen LogP contribution in [0.1, 0.15) is 23.4 Å². The van der Waals surface area contributed by atoms with Crippen molar-refractivity contribution in [2.75, 3.05) is 44.2 Å². The minimum absolute atomic E-state index is 0.0926. The molecule has 1 saturated heterocycles. The molecule has 0 aliphatic carbocycles. The Balaban J connectivity index is 1.33. The molecule has 2 N–H and O–H groups in total. The first-order valence-corrected chi connectivity index (χ1v) is 9.15. The summed E-state index contributed by atoms with van der Waals surface area (Å²) in [7, 11) is 0. The van der Waals surface area contributed by atoms with Crippen molar-refractivity contribution < 1.29 is 4.79 Å². The molecule has 0 atom stereocenters. The molecule has 2 aromatic rings. The van der Waals surface area contributed by atoms with Crippen LogP contribution in [0, 0.1) is 13.8 Å². The third kappa shape index (κ3) is 4.78. The summed E-state index contributed by atoms with van der Waals surface area (Å²) in [6, 6.07) is 1.82. The molecule has 2 aromatic heterocycles. The van der Waals surface area contributed by atoms with Crippen LogP contribution in [0.2, 0.25) is 0 Å². The van der Waals surface area contributed by atoms with E-state index in [0.29, 0.717) is 13.1 Å². The highest BCUT2D eigenvalue weighted by molar-refractivity contribution is 5.78. The predicted octanol–water partition coefficient (Wildman–Crippen LogP) is 0.688. The van der Waals surface area contributed by atoms with Gasteiger partial charge < -0.3 is 10.2 Å². The van der Waals surface area contributed by atoms with Crippen molar-refractivity contribution in [1.29, 1.82) is 0 Å². The van der Waals surface area contributed by atoms with Crippen LogP contribution >= 0.6 is 0 Å². The Kier molecular flexibility index (Phi) is 6.17. The van der Waals surface area contributed by atoms with Crippen LogP contribution in [-0.4, -0.2) is 70.2 Å². The number of amides is 1. The number of carbonyl (C=O) groups is 1. The molecular formula is C18H27N7O. The fourth-order valence-corrected chi connectivity index (χ4v) is 3.25. The largest absolute Gasteiger partial charge is 0.355 e. The Bertz CT molecular complexity index is 688. The van der Waals surface area contributed by atoms with E-state index in [4.69, 9.17) is 0 Å². The molecule has 0 unspecified atom stereocenters. The summed E-state index contributed by atoms with van der Waals surface area (Å²) in [6.07, 6.45) is 5.37. The van der Waals surface area contributed by atoms with Gasteiger partial charge in [-0.1, -0.05) is 0 Å². The number of aromatic nitrogens is 4. The van der Waals surface area contributed by atoms with Gasteiger partial charge in [-0.2, -0.15) is 5.10 Å². The van der Waals surface area contributed by atoms with E-state index in [1.54, 1.807) is 12.4 Å². The van der Waals surface area contributed by atoms with Crippen LogP contribution in [0.15, 0.2) is 18.5 Å². The quantitative estimate of drug-likeness (QED) is 0.709. The number of anilines is 1. The zero-order valence-electron chi connectivity index (χ0n) is 15.5. The second-order valence-electron chi connectivity index (χ2n) is 6.68. The molecule has 140 valence electrons. The normalized spacial score (nSPS) is 15.2. The van der Waals surface area contributed by atoms with E-state index in [9.17, 15) is 4.79 Å². The molecule has 0 radical (unpaired) electrons. The number of hydrogen-bond acceptors (Lipinski definition) is 6. The summed E-state index contributed by atoms with van der Waals surface area (Å²) in [5, 5.41) is 10.2. The summed E-state index contributed by atoms with van der Waals surface area (Å²) in [5.74, 6) is 0.858. The summed E-state index contributed by atoms with van der Waals surface area (Å²) in [6.45, 7) is 8.57. The van der Waals surface area contributed by atoms with Crippen molar-refractivity contribution in [3.05, 3.63) is 35.4 Å². The monoisotopic (exact) mass is 357 g/mol. The van der Waals surface area contributed by atoms with Crippen molar-refractivity contribution in [3.63, 3.8) is 0 Å². The van der Waals surface area contributed by atoms with E-state index in [-0.39, 0.29) is 5.91 Å². The molecule has 3 heterocycles. The Morgan fingerprint density at radius 3 is 2.58 bits per heavy atom. The molecule has 3 rings (SSSR count). The number of nitrogens with one attached hydrogen (secondary N) is 2. The summed E-state index contributed by atoms with van der Waals surface area (Å²) < 4.78 is 0. The van der Waals surface area contributed by atoms with E-state index in [1.807, 2.05) is 19.9 Å². The first-order valence-electron chi connectivity index (χ1n) is 9.15. The van der Waals surface area contributed by atoms with E-state index >= 15 is 0 Å². The summed E-state index contributed by atoms with van der Waals surface area (Å²) in [5.41, 5.74) is 3.43. The van der Waals surface area contributed by atoms with Gasteiger partial charge in [0.05, 0.1) is 12.2 Å². The molecule has 1 aliphatic heterocycles. The summed E-state index contributed by atoms with van der Waals surface area (Å²) in [4.78, 5) is 25.0. The third-order valence-electron chi connectivity index (χ3n) is 4.78. The molecular weight excluding hydrogens is 330 g/mol. The minimum atomic E-state index is 0.0926. The third-order valence-corrected chi connectivity index (χ3v) is 4.78. The Labute approximate surface area is 154 Å². The van der Waals surface area contributed by atoms with E-state index in [0.717, 1.165) is 56.4 Å². The van der Waals surface area contributed by atoms with E-state index in [2.05, 4.69) is 35.3 Å². The second kappa shape index (κ2) is 8.75. The number of aryl methyl sites for hydroxylation is 2. The molecule has 0 bridgehead atoms. The highest BCUT2D eigenvalue weighted by Crippen LogP contribution is 2.11. The fourth-order valence-electron chi connectivity index (χ4n) is 3.25. The lowest BCUT2D eigenvalue weighted by molar-refractivity contribution is -0.122. The topological polar surface area (TPSA) is 90.0 Å². The second-order valence-corrected chi connectivity index (χ2v) is 6.68. The number of hydrogen-bond donors (Lipinski definition) is 2.